The number of carbonyl (C=O) groups is 4. The van der Waals surface area contributed by atoms with Crippen LogP contribution in [0.1, 0.15) is 29.3 Å². The molecule has 0 spiro atoms. The van der Waals surface area contributed by atoms with E-state index in [2.05, 4.69) is 10.6 Å². The van der Waals surface area contributed by atoms with E-state index >= 15 is 0 Å². The van der Waals surface area contributed by atoms with Crippen molar-refractivity contribution in [3.8, 4) is 0 Å². The molecule has 2 N–H and O–H groups in total. The van der Waals surface area contributed by atoms with Crippen molar-refractivity contribution in [3.05, 3.63) is 35.4 Å². The van der Waals surface area contributed by atoms with E-state index < -0.39 is 23.6 Å². The number of rotatable bonds is 7. The molecule has 3 rings (SSSR count). The largest absolute Gasteiger partial charge is 0.450 e. The summed E-state index contributed by atoms with van der Waals surface area (Å²) in [4.78, 5) is 54.0. The highest BCUT2D eigenvalue weighted by molar-refractivity contribution is 5.96. The lowest BCUT2D eigenvalue weighted by Crippen LogP contribution is -2.52. The van der Waals surface area contributed by atoms with E-state index in [0.29, 0.717) is 52.3 Å². The smallest absolute Gasteiger partial charge is 0.416 e. The first-order valence-corrected chi connectivity index (χ1v) is 11.7. The molecule has 198 valence electrons. The highest BCUT2D eigenvalue weighted by atomic mass is 19.4. The number of nitrogens with one attached hydrogen (secondary N) is 2. The van der Waals surface area contributed by atoms with E-state index in [4.69, 9.17) is 4.74 Å². The number of ether oxygens (including phenoxy) is 1. The lowest BCUT2D eigenvalue weighted by Gasteiger charge is -2.34. The Kier molecular flexibility index (Phi) is 9.13. The Balaban J connectivity index is 1.37. The number of hydrogen-bond donors (Lipinski definition) is 2. The van der Waals surface area contributed by atoms with Crippen LogP contribution in [-0.4, -0.2) is 104 Å². The zero-order valence-electron chi connectivity index (χ0n) is 20.0. The van der Waals surface area contributed by atoms with Gasteiger partial charge < -0.3 is 25.2 Å². The molecular formula is C23H30F3N5O5. The molecule has 4 amide bonds. The van der Waals surface area contributed by atoms with E-state index in [1.807, 2.05) is 4.90 Å². The molecule has 2 fully saturated rings. The SMILES string of the molecule is CCOC(=O)N1CCN(C(=O)CN2CC[C@@H](NC(=O)CNC(=O)c3cccc(C(F)(F)F)c3)C2)CC1. The predicted molar refractivity (Wildman–Crippen MR) is 122 cm³/mol. The van der Waals surface area contributed by atoms with Gasteiger partial charge in [-0.25, -0.2) is 4.79 Å². The van der Waals surface area contributed by atoms with Gasteiger partial charge in [0.25, 0.3) is 5.91 Å². The molecule has 1 atom stereocenters. The Morgan fingerprint density at radius 1 is 1.06 bits per heavy atom. The Morgan fingerprint density at radius 3 is 2.42 bits per heavy atom. The zero-order valence-corrected chi connectivity index (χ0v) is 20.0. The van der Waals surface area contributed by atoms with Gasteiger partial charge in [-0.15, -0.1) is 0 Å². The Labute approximate surface area is 206 Å². The summed E-state index contributed by atoms with van der Waals surface area (Å²) in [6.45, 7) is 4.59. The second-order valence-corrected chi connectivity index (χ2v) is 8.62. The number of carbonyl (C=O) groups excluding carboxylic acids is 4. The van der Waals surface area contributed by atoms with Gasteiger partial charge >= 0.3 is 12.3 Å². The second-order valence-electron chi connectivity index (χ2n) is 8.62. The maximum absolute atomic E-state index is 12.8. The van der Waals surface area contributed by atoms with Gasteiger partial charge in [0.05, 0.1) is 25.3 Å². The number of nitrogens with zero attached hydrogens (tertiary/aromatic N) is 3. The number of hydrogen-bond acceptors (Lipinski definition) is 6. The molecule has 36 heavy (non-hydrogen) atoms. The van der Waals surface area contributed by atoms with Gasteiger partial charge in [0, 0.05) is 50.9 Å². The predicted octanol–water partition coefficient (Wildman–Crippen LogP) is 0.926. The van der Waals surface area contributed by atoms with Crippen molar-refractivity contribution >= 4 is 23.8 Å². The third kappa shape index (κ3) is 7.57. The lowest BCUT2D eigenvalue weighted by atomic mass is 10.1. The van der Waals surface area contributed by atoms with E-state index in [1.165, 1.54) is 6.07 Å². The third-order valence-corrected chi connectivity index (χ3v) is 6.02. The van der Waals surface area contributed by atoms with Crippen LogP contribution in [0.4, 0.5) is 18.0 Å². The number of halogens is 3. The van der Waals surface area contributed by atoms with E-state index in [9.17, 15) is 32.3 Å². The highest BCUT2D eigenvalue weighted by Crippen LogP contribution is 2.29. The van der Waals surface area contributed by atoms with Crippen LogP contribution in [0.2, 0.25) is 0 Å². The monoisotopic (exact) mass is 513 g/mol. The van der Waals surface area contributed by atoms with Gasteiger partial charge in [-0.05, 0) is 31.5 Å². The molecule has 0 saturated carbocycles. The Morgan fingerprint density at radius 2 is 1.75 bits per heavy atom. The van der Waals surface area contributed by atoms with Gasteiger partial charge in [-0.2, -0.15) is 13.2 Å². The average Bonchev–Trinajstić information content (AvgIpc) is 3.28. The molecule has 2 heterocycles. The molecule has 2 aliphatic heterocycles. The quantitative estimate of drug-likeness (QED) is 0.561. The molecule has 2 saturated heterocycles. The third-order valence-electron chi connectivity index (χ3n) is 6.02. The zero-order chi connectivity index (χ0) is 26.3. The topological polar surface area (TPSA) is 111 Å². The summed E-state index contributed by atoms with van der Waals surface area (Å²) in [5.41, 5.74) is -1.13. The molecule has 10 nitrogen and oxygen atoms in total. The molecule has 13 heteroatoms. The van der Waals surface area contributed by atoms with Crippen molar-refractivity contribution in [2.24, 2.45) is 0 Å². The first-order valence-electron chi connectivity index (χ1n) is 11.7. The van der Waals surface area contributed by atoms with Crippen molar-refractivity contribution in [1.29, 1.82) is 0 Å². The van der Waals surface area contributed by atoms with Crippen LogP contribution in [0.3, 0.4) is 0 Å². The van der Waals surface area contributed by atoms with Crippen LogP contribution in [0.25, 0.3) is 0 Å². The number of amides is 4. The standard InChI is InChI=1S/C23H30F3N5O5/c1-2-36-22(35)31-10-8-30(9-11-31)20(33)15-29-7-6-18(14-29)28-19(32)13-27-21(34)16-4-3-5-17(12-16)23(24,25)26/h3-5,12,18H,2,6-11,13-15H2,1H3,(H,27,34)(H,28,32)/t18-/m1/s1. The molecule has 0 aromatic heterocycles. The average molecular weight is 514 g/mol. The maximum Gasteiger partial charge on any atom is 0.416 e. The summed E-state index contributed by atoms with van der Waals surface area (Å²) < 4.78 is 43.4. The summed E-state index contributed by atoms with van der Waals surface area (Å²) in [7, 11) is 0. The van der Waals surface area contributed by atoms with Gasteiger partial charge in [0.2, 0.25) is 11.8 Å². The van der Waals surface area contributed by atoms with Crippen LogP contribution < -0.4 is 10.6 Å². The summed E-state index contributed by atoms with van der Waals surface area (Å²) >= 11 is 0. The van der Waals surface area contributed by atoms with Crippen LogP contribution in [0, 0.1) is 0 Å². The fourth-order valence-corrected chi connectivity index (χ4v) is 4.12. The van der Waals surface area contributed by atoms with Crippen LogP contribution in [0.5, 0.6) is 0 Å². The van der Waals surface area contributed by atoms with Crippen molar-refractivity contribution < 1.29 is 37.1 Å². The molecular weight excluding hydrogens is 483 g/mol. The number of piperazine rings is 1. The molecule has 0 aliphatic carbocycles. The van der Waals surface area contributed by atoms with Crippen LogP contribution >= 0.6 is 0 Å². The van der Waals surface area contributed by atoms with Gasteiger partial charge in [-0.3, -0.25) is 19.3 Å². The fourth-order valence-electron chi connectivity index (χ4n) is 4.12. The minimum Gasteiger partial charge on any atom is -0.450 e. The molecule has 0 unspecified atom stereocenters. The van der Waals surface area contributed by atoms with Crippen molar-refractivity contribution in [1.82, 2.24) is 25.3 Å². The van der Waals surface area contributed by atoms with Crippen LogP contribution in [0.15, 0.2) is 24.3 Å². The lowest BCUT2D eigenvalue weighted by molar-refractivity contribution is -0.137. The van der Waals surface area contributed by atoms with Gasteiger partial charge in [-0.1, -0.05) is 6.07 Å². The summed E-state index contributed by atoms with van der Waals surface area (Å²) in [5, 5.41) is 5.10. The van der Waals surface area contributed by atoms with Gasteiger partial charge in [0.1, 0.15) is 0 Å². The Bertz CT molecular complexity index is 966. The van der Waals surface area contributed by atoms with Crippen molar-refractivity contribution in [3.63, 3.8) is 0 Å². The summed E-state index contributed by atoms with van der Waals surface area (Å²) in [6, 6.07) is 3.76. The number of likely N-dealkylation sites (tertiary alicyclic amines) is 1. The minimum absolute atomic E-state index is 0.0566. The van der Waals surface area contributed by atoms with E-state index in [0.717, 1.165) is 18.2 Å². The molecule has 0 radical (unpaired) electrons. The normalized spacial score (nSPS) is 18.6. The van der Waals surface area contributed by atoms with E-state index in [-0.39, 0.29) is 36.7 Å². The number of alkyl halides is 3. The number of benzene rings is 1. The van der Waals surface area contributed by atoms with Crippen molar-refractivity contribution in [2.75, 3.05) is 59.0 Å². The van der Waals surface area contributed by atoms with Gasteiger partial charge in [0.15, 0.2) is 0 Å². The van der Waals surface area contributed by atoms with Crippen LogP contribution in [-0.2, 0) is 20.5 Å². The molecule has 2 aliphatic rings. The first-order chi connectivity index (χ1) is 17.1. The summed E-state index contributed by atoms with van der Waals surface area (Å²) in [5.74, 6) is -1.31. The second kappa shape index (κ2) is 12.1. The molecule has 1 aromatic rings. The van der Waals surface area contributed by atoms with E-state index in [1.54, 1.807) is 16.7 Å². The minimum atomic E-state index is -4.57. The summed E-state index contributed by atoms with van der Waals surface area (Å²) in [6.07, 6.45) is -4.33. The Hall–Kier alpha value is -3.35. The molecule has 1 aromatic carbocycles. The highest BCUT2D eigenvalue weighted by Gasteiger charge is 2.31. The fraction of sp³-hybridized carbons (Fsp3) is 0.565. The first kappa shape index (κ1) is 27.2. The van der Waals surface area contributed by atoms with Crippen molar-refractivity contribution in [2.45, 2.75) is 25.6 Å². The maximum atomic E-state index is 12.8. The molecule has 0 bridgehead atoms.